The molecule has 4 nitrogen and oxygen atoms in total. The van der Waals surface area contributed by atoms with E-state index in [1.807, 2.05) is 30.3 Å². The molecule has 2 unspecified atom stereocenters. The van der Waals surface area contributed by atoms with E-state index in [0.717, 1.165) is 5.56 Å². The molecular weight excluding hydrogens is 381 g/mol. The van der Waals surface area contributed by atoms with Crippen molar-refractivity contribution >= 4 is 10.1 Å². The van der Waals surface area contributed by atoms with Gasteiger partial charge in [0.1, 0.15) is 11.9 Å². The maximum absolute atomic E-state index is 12.7. The Morgan fingerprint density at radius 2 is 1.52 bits per heavy atom. The highest BCUT2D eigenvalue weighted by Crippen LogP contribution is 2.46. The Balaban J connectivity index is 1.99. The van der Waals surface area contributed by atoms with E-state index in [1.54, 1.807) is 30.3 Å². The molecule has 0 aliphatic carbocycles. The van der Waals surface area contributed by atoms with Gasteiger partial charge in [0.05, 0.1) is 6.10 Å². The number of allylic oxidation sites excluding steroid dienone is 1. The molecule has 2 aromatic rings. The Labute approximate surface area is 155 Å². The molecule has 0 N–H and O–H groups in total. The number of ether oxygens (including phenoxy) is 1. The maximum atomic E-state index is 12.7. The van der Waals surface area contributed by atoms with Crippen LogP contribution in [0.3, 0.4) is 0 Å². The quantitative estimate of drug-likeness (QED) is 0.412. The second-order valence-corrected chi connectivity index (χ2v) is 7.63. The molecule has 0 radical (unpaired) electrons. The standard InChI is InChI=1S/C19H17F3O4S/c1-13(26-27(23,24)19(20,21)22)16-12-17(14-8-4-2-5-9-14)25-18(16)15-10-6-3-7-11-15/h2-11,17-18H,12H2,1H3. The fourth-order valence-corrected chi connectivity index (χ4v) is 3.50. The summed E-state index contributed by atoms with van der Waals surface area (Å²) in [4.78, 5) is 0. The molecular formula is C19H17F3O4S. The largest absolute Gasteiger partial charge is 0.534 e. The molecule has 8 heteroatoms. The van der Waals surface area contributed by atoms with Crippen LogP contribution in [0.4, 0.5) is 13.2 Å². The zero-order chi connectivity index (χ0) is 19.7. The maximum Gasteiger partial charge on any atom is 0.534 e. The summed E-state index contributed by atoms with van der Waals surface area (Å²) in [6.07, 6.45) is -0.888. The molecule has 1 heterocycles. The average Bonchev–Trinajstić information content (AvgIpc) is 3.07. The lowest BCUT2D eigenvalue weighted by molar-refractivity contribution is -0.0522. The van der Waals surface area contributed by atoms with Crippen LogP contribution in [0.25, 0.3) is 0 Å². The molecule has 144 valence electrons. The zero-order valence-electron chi connectivity index (χ0n) is 14.3. The monoisotopic (exact) mass is 398 g/mol. The van der Waals surface area contributed by atoms with Crippen molar-refractivity contribution in [3.63, 3.8) is 0 Å². The van der Waals surface area contributed by atoms with Crippen LogP contribution < -0.4 is 0 Å². The molecule has 2 aromatic carbocycles. The summed E-state index contributed by atoms with van der Waals surface area (Å²) in [5.41, 5.74) is -3.57. The Morgan fingerprint density at radius 1 is 1.00 bits per heavy atom. The lowest BCUT2D eigenvalue weighted by Crippen LogP contribution is -2.25. The number of hydrogen-bond donors (Lipinski definition) is 0. The SMILES string of the molecule is CC(OS(=O)(=O)C(F)(F)F)=C1CC(c2ccccc2)OC1c1ccccc1. The number of rotatable bonds is 4. The van der Waals surface area contributed by atoms with Crippen molar-refractivity contribution in [2.75, 3.05) is 0 Å². The van der Waals surface area contributed by atoms with Crippen molar-refractivity contribution in [3.8, 4) is 0 Å². The molecule has 0 aromatic heterocycles. The first-order chi connectivity index (χ1) is 12.7. The molecule has 0 spiro atoms. The smallest absolute Gasteiger partial charge is 0.381 e. The summed E-state index contributed by atoms with van der Waals surface area (Å²) in [6.45, 7) is 1.21. The fourth-order valence-electron chi connectivity index (χ4n) is 2.97. The molecule has 0 amide bonds. The number of alkyl halides is 3. The normalized spacial score (nSPS) is 22.5. The van der Waals surface area contributed by atoms with Gasteiger partial charge in [-0.15, -0.1) is 0 Å². The summed E-state index contributed by atoms with van der Waals surface area (Å²) in [5.74, 6) is -0.320. The van der Waals surface area contributed by atoms with Gasteiger partial charge in [-0.2, -0.15) is 21.6 Å². The number of benzene rings is 2. The van der Waals surface area contributed by atoms with Gasteiger partial charge in [0.2, 0.25) is 0 Å². The van der Waals surface area contributed by atoms with Crippen molar-refractivity contribution in [2.45, 2.75) is 31.1 Å². The predicted octanol–water partition coefficient (Wildman–Crippen LogP) is 5.03. The number of halogens is 3. The molecule has 1 saturated heterocycles. The summed E-state index contributed by atoms with van der Waals surface area (Å²) >= 11 is 0. The van der Waals surface area contributed by atoms with Gasteiger partial charge in [-0.05, 0) is 18.1 Å². The van der Waals surface area contributed by atoms with E-state index in [4.69, 9.17) is 4.74 Å². The van der Waals surface area contributed by atoms with Crippen LogP contribution in [0.15, 0.2) is 72.0 Å². The van der Waals surface area contributed by atoms with E-state index < -0.39 is 27.8 Å². The van der Waals surface area contributed by atoms with E-state index >= 15 is 0 Å². The first-order valence-corrected chi connectivity index (χ1v) is 9.55. The fraction of sp³-hybridized carbons (Fsp3) is 0.263. The Kier molecular flexibility index (Phi) is 5.30. The minimum atomic E-state index is -5.74. The van der Waals surface area contributed by atoms with E-state index in [9.17, 15) is 21.6 Å². The summed E-state index contributed by atoms with van der Waals surface area (Å²) < 4.78 is 71.2. The first kappa shape index (κ1) is 19.4. The van der Waals surface area contributed by atoms with Crippen molar-refractivity contribution < 1.29 is 30.5 Å². The Bertz CT molecular complexity index is 922. The Morgan fingerprint density at radius 3 is 2.04 bits per heavy atom. The molecule has 1 fully saturated rings. The lowest BCUT2D eigenvalue weighted by atomic mass is 9.97. The van der Waals surface area contributed by atoms with Crippen molar-refractivity contribution in [1.82, 2.24) is 0 Å². The van der Waals surface area contributed by atoms with Gasteiger partial charge in [-0.3, -0.25) is 0 Å². The summed E-state index contributed by atoms with van der Waals surface area (Å²) in [6, 6.07) is 18.1. The van der Waals surface area contributed by atoms with Crippen LogP contribution in [0, 0.1) is 0 Å². The summed E-state index contributed by atoms with van der Waals surface area (Å²) in [5, 5.41) is 0. The second-order valence-electron chi connectivity index (χ2n) is 6.09. The molecule has 3 rings (SSSR count). The summed E-state index contributed by atoms with van der Waals surface area (Å²) in [7, 11) is -5.74. The third-order valence-electron chi connectivity index (χ3n) is 4.27. The molecule has 27 heavy (non-hydrogen) atoms. The van der Waals surface area contributed by atoms with Crippen LogP contribution >= 0.6 is 0 Å². The molecule has 0 saturated carbocycles. The second kappa shape index (κ2) is 7.36. The minimum absolute atomic E-state index is 0.225. The van der Waals surface area contributed by atoms with E-state index in [0.29, 0.717) is 11.1 Å². The van der Waals surface area contributed by atoms with Crippen molar-refractivity contribution in [2.24, 2.45) is 0 Å². The topological polar surface area (TPSA) is 52.6 Å². The van der Waals surface area contributed by atoms with Crippen molar-refractivity contribution in [3.05, 3.63) is 83.1 Å². The number of hydrogen-bond acceptors (Lipinski definition) is 4. The third kappa shape index (κ3) is 4.17. The molecule has 1 aliphatic heterocycles. The minimum Gasteiger partial charge on any atom is -0.381 e. The highest BCUT2D eigenvalue weighted by atomic mass is 32.2. The van der Waals surface area contributed by atoms with Gasteiger partial charge in [0, 0.05) is 12.0 Å². The van der Waals surface area contributed by atoms with Gasteiger partial charge in [0.15, 0.2) is 0 Å². The average molecular weight is 398 g/mol. The van der Waals surface area contributed by atoms with E-state index in [1.165, 1.54) is 6.92 Å². The van der Waals surface area contributed by atoms with E-state index in [2.05, 4.69) is 4.18 Å². The Hall–Kier alpha value is -2.32. The van der Waals surface area contributed by atoms with Crippen LogP contribution in [-0.2, 0) is 19.0 Å². The van der Waals surface area contributed by atoms with Crippen LogP contribution in [0.2, 0.25) is 0 Å². The van der Waals surface area contributed by atoms with Gasteiger partial charge in [0.25, 0.3) is 0 Å². The van der Waals surface area contributed by atoms with Gasteiger partial charge >= 0.3 is 15.6 Å². The van der Waals surface area contributed by atoms with Crippen LogP contribution in [-0.4, -0.2) is 13.9 Å². The predicted molar refractivity (Wildman–Crippen MR) is 92.8 cm³/mol. The highest BCUT2D eigenvalue weighted by Gasteiger charge is 2.49. The van der Waals surface area contributed by atoms with Gasteiger partial charge in [-0.25, -0.2) is 0 Å². The van der Waals surface area contributed by atoms with Crippen molar-refractivity contribution in [1.29, 1.82) is 0 Å². The molecule has 1 aliphatic rings. The third-order valence-corrected chi connectivity index (χ3v) is 5.30. The van der Waals surface area contributed by atoms with E-state index in [-0.39, 0.29) is 12.2 Å². The zero-order valence-corrected chi connectivity index (χ0v) is 15.1. The van der Waals surface area contributed by atoms with Gasteiger partial charge in [-0.1, -0.05) is 60.7 Å². The lowest BCUT2D eigenvalue weighted by Gasteiger charge is -2.16. The molecule has 2 atom stereocenters. The molecule has 0 bridgehead atoms. The highest BCUT2D eigenvalue weighted by molar-refractivity contribution is 7.87. The van der Waals surface area contributed by atoms with Crippen LogP contribution in [0.5, 0.6) is 0 Å². The van der Waals surface area contributed by atoms with Crippen LogP contribution in [0.1, 0.15) is 36.7 Å². The van der Waals surface area contributed by atoms with Gasteiger partial charge < -0.3 is 8.92 Å². The first-order valence-electron chi connectivity index (χ1n) is 8.15.